The Morgan fingerprint density at radius 3 is 2.33 bits per heavy atom. The third kappa shape index (κ3) is 2.51. The first-order valence-electron chi connectivity index (χ1n) is 2.44. The van der Waals surface area contributed by atoms with Gasteiger partial charge < -0.3 is 9.24 Å². The van der Waals surface area contributed by atoms with Gasteiger partial charge in [-0.3, -0.25) is 5.41 Å². The van der Waals surface area contributed by atoms with Crippen molar-refractivity contribution in [3.05, 3.63) is 12.3 Å². The highest BCUT2D eigenvalue weighted by Crippen LogP contribution is 2.02. The summed E-state index contributed by atoms with van der Waals surface area (Å²) in [4.78, 5) is 0. The second-order valence-corrected chi connectivity index (χ2v) is 2.61. The van der Waals surface area contributed by atoms with Crippen LogP contribution in [0, 0.1) is 5.41 Å². The van der Waals surface area contributed by atoms with Crippen LogP contribution in [0.15, 0.2) is 12.3 Å². The molecule has 0 aliphatic rings. The number of halogens is 1. The van der Waals surface area contributed by atoms with E-state index in [1.54, 1.807) is 18.0 Å². The third-order valence-corrected chi connectivity index (χ3v) is 1.34. The van der Waals surface area contributed by atoms with E-state index in [0.29, 0.717) is 11.5 Å². The largest absolute Gasteiger partial charge is 0.372 e. The van der Waals surface area contributed by atoms with Gasteiger partial charge in [0, 0.05) is 30.2 Å². The molecule has 0 atom stereocenters. The normalized spacial score (nSPS) is 8.33. The number of nitrogens with one attached hydrogen (secondary N) is 2. The quantitative estimate of drug-likeness (QED) is 0.388. The molecule has 0 aromatic carbocycles. The highest BCUT2D eigenvalue weighted by atomic mass is 79.9. The Morgan fingerprint density at radius 1 is 1.78 bits per heavy atom. The molecule has 9 heavy (non-hydrogen) atoms. The molecule has 0 aromatic rings. The van der Waals surface area contributed by atoms with E-state index in [9.17, 15) is 0 Å². The minimum atomic E-state index is 0.314. The molecule has 0 heterocycles. The molecule has 4 heteroatoms. The van der Waals surface area contributed by atoms with Gasteiger partial charge >= 0.3 is 0 Å². The SMILES string of the molecule is C=C(C(=N)NC)N(C)Br. The van der Waals surface area contributed by atoms with Gasteiger partial charge in [-0.25, -0.2) is 0 Å². The monoisotopic (exact) mass is 191 g/mol. The lowest BCUT2D eigenvalue weighted by Gasteiger charge is -2.12. The van der Waals surface area contributed by atoms with E-state index in [0.717, 1.165) is 0 Å². The van der Waals surface area contributed by atoms with Crippen LogP contribution < -0.4 is 5.32 Å². The van der Waals surface area contributed by atoms with E-state index >= 15 is 0 Å². The minimum Gasteiger partial charge on any atom is -0.372 e. The summed E-state index contributed by atoms with van der Waals surface area (Å²) < 4.78 is 1.60. The maximum absolute atomic E-state index is 7.19. The number of likely N-dealkylation sites (N-methyl/N-ethyl adjacent to an activating group) is 2. The van der Waals surface area contributed by atoms with Crippen molar-refractivity contribution < 1.29 is 0 Å². The summed E-state index contributed by atoms with van der Waals surface area (Å²) in [6.45, 7) is 3.62. The number of nitrogens with zero attached hydrogens (tertiary/aromatic N) is 1. The summed E-state index contributed by atoms with van der Waals surface area (Å²) in [6.07, 6.45) is 0. The molecular weight excluding hydrogens is 182 g/mol. The molecule has 0 aromatic heterocycles. The molecule has 0 aliphatic heterocycles. The summed E-state index contributed by atoms with van der Waals surface area (Å²) in [6, 6.07) is 0. The second-order valence-electron chi connectivity index (χ2n) is 1.55. The minimum absolute atomic E-state index is 0.314. The van der Waals surface area contributed by atoms with Crippen LogP contribution in [-0.2, 0) is 0 Å². The zero-order chi connectivity index (χ0) is 7.44. The lowest BCUT2D eigenvalue weighted by atomic mass is 10.4. The summed E-state index contributed by atoms with van der Waals surface area (Å²) in [5, 5.41) is 9.85. The predicted molar refractivity (Wildman–Crippen MR) is 42.6 cm³/mol. The number of amidine groups is 1. The highest BCUT2D eigenvalue weighted by molar-refractivity contribution is 9.07. The van der Waals surface area contributed by atoms with Crippen molar-refractivity contribution in [3.63, 3.8) is 0 Å². The molecule has 0 spiro atoms. The van der Waals surface area contributed by atoms with Gasteiger partial charge in [-0.05, 0) is 0 Å². The van der Waals surface area contributed by atoms with E-state index in [1.807, 2.05) is 0 Å². The maximum atomic E-state index is 7.19. The van der Waals surface area contributed by atoms with Gasteiger partial charge in [0.2, 0.25) is 0 Å². The van der Waals surface area contributed by atoms with E-state index in [1.165, 1.54) is 0 Å². The van der Waals surface area contributed by atoms with Gasteiger partial charge in [0.05, 0.1) is 5.70 Å². The predicted octanol–water partition coefficient (Wildman–Crippen LogP) is 0.938. The first-order chi connectivity index (χ1) is 4.09. The van der Waals surface area contributed by atoms with Crippen molar-refractivity contribution in [2.75, 3.05) is 14.1 Å². The standard InChI is InChI=1S/C5H10BrN3/c1-4(9(3)6)5(7)8-2/h1H2,2-3H3,(H2,7,8). The Bertz CT molecular complexity index is 130. The van der Waals surface area contributed by atoms with Crippen LogP contribution in [0.1, 0.15) is 0 Å². The van der Waals surface area contributed by atoms with Crippen molar-refractivity contribution >= 4 is 22.0 Å². The molecule has 52 valence electrons. The Kier molecular flexibility index (Phi) is 3.30. The molecule has 0 saturated heterocycles. The van der Waals surface area contributed by atoms with Gasteiger partial charge in [0.25, 0.3) is 0 Å². The van der Waals surface area contributed by atoms with Crippen LogP contribution in [0.5, 0.6) is 0 Å². The first kappa shape index (κ1) is 8.49. The van der Waals surface area contributed by atoms with E-state index in [2.05, 4.69) is 28.0 Å². The molecule has 0 rings (SSSR count). The molecule has 0 saturated carbocycles. The van der Waals surface area contributed by atoms with Gasteiger partial charge in [0.15, 0.2) is 0 Å². The van der Waals surface area contributed by atoms with Gasteiger partial charge in [-0.2, -0.15) is 0 Å². The van der Waals surface area contributed by atoms with E-state index in [-0.39, 0.29) is 0 Å². The van der Waals surface area contributed by atoms with Crippen molar-refractivity contribution in [1.29, 1.82) is 5.41 Å². The molecule has 0 aliphatic carbocycles. The molecule has 2 N–H and O–H groups in total. The maximum Gasteiger partial charge on any atom is 0.142 e. The zero-order valence-electron chi connectivity index (χ0n) is 5.53. The summed E-state index contributed by atoms with van der Waals surface area (Å²) in [5.41, 5.74) is 0.609. The van der Waals surface area contributed by atoms with E-state index < -0.39 is 0 Å². The van der Waals surface area contributed by atoms with Gasteiger partial charge in [-0.15, -0.1) is 0 Å². The average Bonchev–Trinajstić information content (AvgIpc) is 1.84. The van der Waals surface area contributed by atoms with Crippen molar-refractivity contribution in [2.45, 2.75) is 0 Å². The van der Waals surface area contributed by atoms with Crippen LogP contribution in [0.4, 0.5) is 0 Å². The lowest BCUT2D eigenvalue weighted by Crippen LogP contribution is -2.24. The fourth-order valence-corrected chi connectivity index (χ4v) is 0.476. The fourth-order valence-electron chi connectivity index (χ4n) is 0.298. The Morgan fingerprint density at radius 2 is 2.22 bits per heavy atom. The summed E-state index contributed by atoms with van der Waals surface area (Å²) in [7, 11) is 3.46. The Hall–Kier alpha value is -0.510. The van der Waals surface area contributed by atoms with Crippen molar-refractivity contribution in [2.24, 2.45) is 0 Å². The smallest absolute Gasteiger partial charge is 0.142 e. The average molecular weight is 192 g/mol. The number of rotatable bonds is 2. The summed E-state index contributed by atoms with van der Waals surface area (Å²) >= 11 is 3.13. The molecular formula is C5H10BrN3. The zero-order valence-corrected chi connectivity index (χ0v) is 7.12. The van der Waals surface area contributed by atoms with Crippen LogP contribution in [0.3, 0.4) is 0 Å². The molecule has 0 radical (unpaired) electrons. The number of hydrogen-bond donors (Lipinski definition) is 2. The van der Waals surface area contributed by atoms with Crippen LogP contribution in [0.25, 0.3) is 0 Å². The molecule has 0 amide bonds. The van der Waals surface area contributed by atoms with Gasteiger partial charge in [0.1, 0.15) is 5.84 Å². The van der Waals surface area contributed by atoms with Gasteiger partial charge in [-0.1, -0.05) is 6.58 Å². The van der Waals surface area contributed by atoms with E-state index in [4.69, 9.17) is 5.41 Å². The molecule has 0 unspecified atom stereocenters. The second kappa shape index (κ2) is 3.50. The Labute approximate surface area is 63.6 Å². The van der Waals surface area contributed by atoms with Crippen molar-refractivity contribution in [3.8, 4) is 0 Å². The first-order valence-corrected chi connectivity index (χ1v) is 3.15. The third-order valence-electron chi connectivity index (χ3n) is 0.911. The lowest BCUT2D eigenvalue weighted by molar-refractivity contribution is 0.760. The fraction of sp³-hybridized carbons (Fsp3) is 0.400. The summed E-state index contributed by atoms with van der Waals surface area (Å²) in [5.74, 6) is 0.314. The number of hydrogen-bond acceptors (Lipinski definition) is 2. The molecule has 0 fully saturated rings. The molecule has 3 nitrogen and oxygen atoms in total. The Balaban J connectivity index is 3.89. The topological polar surface area (TPSA) is 39.1 Å². The van der Waals surface area contributed by atoms with Crippen LogP contribution >= 0.6 is 16.1 Å². The van der Waals surface area contributed by atoms with Crippen LogP contribution in [-0.4, -0.2) is 23.9 Å². The van der Waals surface area contributed by atoms with Crippen molar-refractivity contribution in [1.82, 2.24) is 9.24 Å². The van der Waals surface area contributed by atoms with Crippen LogP contribution in [0.2, 0.25) is 0 Å². The highest BCUT2D eigenvalue weighted by Gasteiger charge is 2.00. The molecule has 0 bridgehead atoms.